The highest BCUT2D eigenvalue weighted by Gasteiger charge is 2.31. The van der Waals surface area contributed by atoms with E-state index in [0.717, 1.165) is 21.7 Å². The van der Waals surface area contributed by atoms with Gasteiger partial charge in [0.15, 0.2) is 0 Å². The van der Waals surface area contributed by atoms with E-state index < -0.39 is 34.1 Å². The van der Waals surface area contributed by atoms with E-state index in [1.165, 1.54) is 4.90 Å². The number of anilines is 1. The van der Waals surface area contributed by atoms with Crippen LogP contribution >= 0.6 is 0 Å². The monoisotopic (exact) mass is 551 g/mol. The predicted octanol–water partition coefficient (Wildman–Crippen LogP) is 4.89. The van der Waals surface area contributed by atoms with Gasteiger partial charge >= 0.3 is 0 Å². The maximum absolute atomic E-state index is 13.7. The van der Waals surface area contributed by atoms with Gasteiger partial charge in [-0.15, -0.1) is 0 Å². The molecule has 2 amide bonds. The Bertz CT molecular complexity index is 1370. The zero-order valence-electron chi connectivity index (χ0n) is 23.3. The number of benzene rings is 3. The molecule has 8 nitrogen and oxygen atoms in total. The van der Waals surface area contributed by atoms with E-state index in [0.29, 0.717) is 17.2 Å². The van der Waals surface area contributed by atoms with Gasteiger partial charge in [0.2, 0.25) is 21.8 Å². The molecule has 0 heterocycles. The van der Waals surface area contributed by atoms with E-state index in [9.17, 15) is 18.0 Å². The number of amides is 2. The fourth-order valence-corrected chi connectivity index (χ4v) is 4.72. The number of nitrogens with zero attached hydrogens (tertiary/aromatic N) is 2. The number of nitrogens with one attached hydrogen (secondary N) is 1. The number of hydrogen-bond donors (Lipinski definition) is 1. The Morgan fingerprint density at radius 3 is 2.00 bits per heavy atom. The van der Waals surface area contributed by atoms with Gasteiger partial charge in [-0.3, -0.25) is 13.9 Å². The van der Waals surface area contributed by atoms with Crippen LogP contribution in [-0.4, -0.2) is 49.5 Å². The second-order valence-corrected chi connectivity index (χ2v) is 12.5. The summed E-state index contributed by atoms with van der Waals surface area (Å²) in [4.78, 5) is 28.1. The molecule has 9 heteroatoms. The lowest BCUT2D eigenvalue weighted by Crippen LogP contribution is -2.54. The molecule has 39 heavy (non-hydrogen) atoms. The number of carbonyl (C=O) groups is 2. The van der Waals surface area contributed by atoms with Gasteiger partial charge in [0, 0.05) is 12.1 Å². The minimum atomic E-state index is -3.83. The Hall–Kier alpha value is -3.85. The number of rotatable bonds is 10. The first kappa shape index (κ1) is 29.7. The van der Waals surface area contributed by atoms with Crippen molar-refractivity contribution in [3.8, 4) is 11.5 Å². The quantitative estimate of drug-likeness (QED) is 0.387. The van der Waals surface area contributed by atoms with Gasteiger partial charge in [-0.25, -0.2) is 8.42 Å². The summed E-state index contributed by atoms with van der Waals surface area (Å²) in [6.07, 6.45) is 1.05. The minimum absolute atomic E-state index is 0.152. The van der Waals surface area contributed by atoms with Crippen LogP contribution in [0.25, 0.3) is 0 Å². The lowest BCUT2D eigenvalue weighted by Gasteiger charge is -2.33. The summed E-state index contributed by atoms with van der Waals surface area (Å²) >= 11 is 0. The molecule has 0 saturated heterocycles. The smallest absolute Gasteiger partial charge is 0.244 e. The Labute approximate surface area is 231 Å². The third kappa shape index (κ3) is 8.85. The van der Waals surface area contributed by atoms with Crippen LogP contribution in [-0.2, 0) is 26.2 Å². The number of hydrogen-bond acceptors (Lipinski definition) is 5. The van der Waals surface area contributed by atoms with E-state index in [4.69, 9.17) is 4.74 Å². The van der Waals surface area contributed by atoms with Crippen molar-refractivity contribution in [2.45, 2.75) is 52.7 Å². The third-order valence-electron chi connectivity index (χ3n) is 5.92. The molecule has 0 aliphatic rings. The molecule has 0 bridgehead atoms. The fraction of sp³-hybridized carbons (Fsp3) is 0.333. The van der Waals surface area contributed by atoms with E-state index in [2.05, 4.69) is 5.32 Å². The van der Waals surface area contributed by atoms with Crippen molar-refractivity contribution in [2.75, 3.05) is 17.1 Å². The molecule has 0 spiro atoms. The molecular weight excluding hydrogens is 514 g/mol. The van der Waals surface area contributed by atoms with Gasteiger partial charge in [0.05, 0.1) is 11.9 Å². The average molecular weight is 552 g/mol. The SMILES string of the molecule is Cc1ccc(CN(C(=O)CN(c2ccc(Oc3ccccc3)cc2)S(C)(=O)=O)[C@@H](C)C(=O)NC(C)(C)C)cc1. The average Bonchev–Trinajstić information content (AvgIpc) is 2.86. The molecule has 3 rings (SSSR count). The van der Waals surface area contributed by atoms with Crippen molar-refractivity contribution in [2.24, 2.45) is 0 Å². The van der Waals surface area contributed by atoms with E-state index >= 15 is 0 Å². The van der Waals surface area contributed by atoms with Crippen molar-refractivity contribution >= 4 is 27.5 Å². The number of ether oxygens (including phenoxy) is 1. The van der Waals surface area contributed by atoms with Crippen LogP contribution in [0.4, 0.5) is 5.69 Å². The second-order valence-electron chi connectivity index (χ2n) is 10.6. The van der Waals surface area contributed by atoms with E-state index in [-0.39, 0.29) is 12.5 Å². The topological polar surface area (TPSA) is 96.0 Å². The largest absolute Gasteiger partial charge is 0.457 e. The first-order valence-corrected chi connectivity index (χ1v) is 14.6. The lowest BCUT2D eigenvalue weighted by atomic mass is 10.1. The van der Waals surface area contributed by atoms with Crippen LogP contribution in [0.3, 0.4) is 0 Å². The summed E-state index contributed by atoms with van der Waals surface area (Å²) in [6.45, 7) is 8.89. The second kappa shape index (κ2) is 12.3. The molecule has 3 aromatic carbocycles. The summed E-state index contributed by atoms with van der Waals surface area (Å²) in [5.41, 5.74) is 1.72. The van der Waals surface area contributed by atoms with Crippen molar-refractivity contribution < 1.29 is 22.7 Å². The van der Waals surface area contributed by atoms with Gasteiger partial charge in [0.25, 0.3) is 0 Å². The van der Waals surface area contributed by atoms with E-state index in [1.807, 2.05) is 82.3 Å². The molecule has 0 fully saturated rings. The van der Waals surface area contributed by atoms with Crippen molar-refractivity contribution in [3.63, 3.8) is 0 Å². The van der Waals surface area contributed by atoms with Crippen LogP contribution < -0.4 is 14.4 Å². The number of sulfonamides is 1. The summed E-state index contributed by atoms with van der Waals surface area (Å²) in [6, 6.07) is 22.5. The molecule has 0 aliphatic heterocycles. The van der Waals surface area contributed by atoms with Gasteiger partial charge in [0.1, 0.15) is 24.1 Å². The molecule has 0 aromatic heterocycles. The minimum Gasteiger partial charge on any atom is -0.457 e. The van der Waals surface area contributed by atoms with Crippen LogP contribution in [0.1, 0.15) is 38.8 Å². The Balaban J connectivity index is 1.87. The standard InChI is InChI=1S/C30H37N3O5S/c1-22-12-14-24(15-13-22)20-32(23(2)29(35)31-30(3,4)5)28(34)21-33(39(6,36)37)25-16-18-27(19-17-25)38-26-10-8-7-9-11-26/h7-19,23H,20-21H2,1-6H3,(H,31,35)/t23-/m0/s1. The summed E-state index contributed by atoms with van der Waals surface area (Å²) < 4.78 is 32.4. The first-order chi connectivity index (χ1) is 18.2. The molecule has 3 aromatic rings. The van der Waals surface area contributed by atoms with Crippen molar-refractivity contribution in [1.82, 2.24) is 10.2 Å². The van der Waals surface area contributed by atoms with Crippen LogP contribution in [0.5, 0.6) is 11.5 Å². The first-order valence-electron chi connectivity index (χ1n) is 12.7. The summed E-state index contributed by atoms with van der Waals surface area (Å²) in [5.74, 6) is 0.353. The maximum atomic E-state index is 13.7. The molecule has 0 aliphatic carbocycles. The van der Waals surface area contributed by atoms with Crippen molar-refractivity contribution in [3.05, 3.63) is 90.0 Å². The summed E-state index contributed by atoms with van der Waals surface area (Å²) in [7, 11) is -3.83. The molecular formula is C30H37N3O5S. The van der Waals surface area contributed by atoms with Gasteiger partial charge in [-0.05, 0) is 76.6 Å². The zero-order chi connectivity index (χ0) is 28.8. The molecule has 1 atom stereocenters. The van der Waals surface area contributed by atoms with Crippen LogP contribution in [0.2, 0.25) is 0 Å². The van der Waals surface area contributed by atoms with Gasteiger partial charge < -0.3 is 15.0 Å². The molecule has 1 N–H and O–H groups in total. The highest BCUT2D eigenvalue weighted by atomic mass is 32.2. The molecule has 0 unspecified atom stereocenters. The fourth-order valence-electron chi connectivity index (χ4n) is 3.87. The van der Waals surface area contributed by atoms with Gasteiger partial charge in [-0.2, -0.15) is 0 Å². The molecule has 0 radical (unpaired) electrons. The Morgan fingerprint density at radius 1 is 0.897 bits per heavy atom. The number of aryl methyl sites for hydroxylation is 1. The maximum Gasteiger partial charge on any atom is 0.244 e. The van der Waals surface area contributed by atoms with Gasteiger partial charge in [-0.1, -0.05) is 48.0 Å². The highest BCUT2D eigenvalue weighted by molar-refractivity contribution is 7.92. The molecule has 0 saturated carbocycles. The predicted molar refractivity (Wildman–Crippen MR) is 154 cm³/mol. The summed E-state index contributed by atoms with van der Waals surface area (Å²) in [5, 5.41) is 2.91. The Morgan fingerprint density at radius 2 is 1.46 bits per heavy atom. The highest BCUT2D eigenvalue weighted by Crippen LogP contribution is 2.26. The zero-order valence-corrected chi connectivity index (χ0v) is 24.2. The molecule has 208 valence electrons. The van der Waals surface area contributed by atoms with Crippen LogP contribution in [0.15, 0.2) is 78.9 Å². The number of carbonyl (C=O) groups excluding carboxylic acids is 2. The van der Waals surface area contributed by atoms with E-state index in [1.54, 1.807) is 31.2 Å². The Kier molecular flexibility index (Phi) is 9.40. The lowest BCUT2D eigenvalue weighted by molar-refractivity contribution is -0.140. The van der Waals surface area contributed by atoms with Crippen LogP contribution in [0, 0.1) is 6.92 Å². The third-order valence-corrected chi connectivity index (χ3v) is 7.06. The normalized spacial score (nSPS) is 12.4. The van der Waals surface area contributed by atoms with Crippen molar-refractivity contribution in [1.29, 1.82) is 0 Å². The number of para-hydroxylation sites is 1.